The Morgan fingerprint density at radius 2 is 2.00 bits per heavy atom. The molecule has 2 rings (SSSR count). The predicted molar refractivity (Wildman–Crippen MR) is 77.8 cm³/mol. The Labute approximate surface area is 123 Å². The number of rotatable bonds is 3. The maximum atomic E-state index is 13.5. The fourth-order valence-corrected chi connectivity index (χ4v) is 2.05. The van der Waals surface area contributed by atoms with Crippen LogP contribution in [0, 0.1) is 17.1 Å². The van der Waals surface area contributed by atoms with Crippen LogP contribution in [0.1, 0.15) is 0 Å². The second kappa shape index (κ2) is 6.86. The van der Waals surface area contributed by atoms with Gasteiger partial charge in [0.05, 0.1) is 5.69 Å². The molecule has 0 unspecified atom stereocenters. The quantitative estimate of drug-likeness (QED) is 0.675. The molecule has 1 N–H and O–H groups in total. The van der Waals surface area contributed by atoms with Crippen molar-refractivity contribution in [2.24, 2.45) is 0 Å². The van der Waals surface area contributed by atoms with Crippen LogP contribution in [0.25, 0.3) is 0 Å². The molecule has 1 aromatic carbocycles. The number of benzene rings is 1. The van der Waals surface area contributed by atoms with Crippen LogP contribution in [-0.2, 0) is 4.79 Å². The zero-order chi connectivity index (χ0) is 15.2. The molecule has 0 spiro atoms. The van der Waals surface area contributed by atoms with E-state index in [0.717, 1.165) is 13.1 Å². The van der Waals surface area contributed by atoms with Crippen molar-refractivity contribution >= 4 is 11.6 Å². The summed E-state index contributed by atoms with van der Waals surface area (Å²) in [5, 5.41) is 11.8. The van der Waals surface area contributed by atoms with E-state index in [1.807, 2.05) is 13.1 Å². The summed E-state index contributed by atoms with van der Waals surface area (Å²) < 4.78 is 13.5. The van der Waals surface area contributed by atoms with Crippen molar-refractivity contribution in [1.82, 2.24) is 9.80 Å². The van der Waals surface area contributed by atoms with Crippen molar-refractivity contribution in [3.05, 3.63) is 41.9 Å². The minimum Gasteiger partial charge on any atom is -0.358 e. The number of anilines is 1. The largest absolute Gasteiger partial charge is 0.358 e. The van der Waals surface area contributed by atoms with Crippen LogP contribution < -0.4 is 5.32 Å². The fourth-order valence-electron chi connectivity index (χ4n) is 2.05. The molecule has 0 radical (unpaired) electrons. The summed E-state index contributed by atoms with van der Waals surface area (Å²) in [7, 11) is 1.99. The fraction of sp³-hybridized carbons (Fsp3) is 0.333. The number of likely N-dealkylation sites (N-methyl/N-ethyl adjacent to an activating group) is 1. The van der Waals surface area contributed by atoms with Gasteiger partial charge in [-0.3, -0.25) is 4.79 Å². The lowest BCUT2D eigenvalue weighted by Crippen LogP contribution is -2.47. The molecule has 1 fully saturated rings. The smallest absolute Gasteiger partial charge is 0.266 e. The monoisotopic (exact) mass is 288 g/mol. The maximum absolute atomic E-state index is 13.5. The second-order valence-corrected chi connectivity index (χ2v) is 4.89. The predicted octanol–water partition coefficient (Wildman–Crippen LogP) is 1.42. The van der Waals surface area contributed by atoms with E-state index in [4.69, 9.17) is 5.26 Å². The molecular formula is C15H17FN4O. The van der Waals surface area contributed by atoms with Crippen LogP contribution in [0.15, 0.2) is 36.0 Å². The van der Waals surface area contributed by atoms with Gasteiger partial charge in [-0.1, -0.05) is 12.1 Å². The van der Waals surface area contributed by atoms with E-state index in [1.165, 1.54) is 12.3 Å². The van der Waals surface area contributed by atoms with Crippen LogP contribution in [0.5, 0.6) is 0 Å². The number of hydrogen-bond acceptors (Lipinski definition) is 4. The summed E-state index contributed by atoms with van der Waals surface area (Å²) in [4.78, 5) is 16.0. The number of nitrogens with zero attached hydrogens (tertiary/aromatic N) is 3. The summed E-state index contributed by atoms with van der Waals surface area (Å²) in [6.45, 7) is 2.75. The van der Waals surface area contributed by atoms with Gasteiger partial charge in [0.1, 0.15) is 17.5 Å². The molecule has 1 amide bonds. The second-order valence-electron chi connectivity index (χ2n) is 4.89. The van der Waals surface area contributed by atoms with Crippen molar-refractivity contribution in [2.45, 2.75) is 0 Å². The van der Waals surface area contributed by atoms with Gasteiger partial charge in [0.25, 0.3) is 5.91 Å². The molecule has 0 bridgehead atoms. The number of nitrogens with one attached hydrogen (secondary N) is 1. The Morgan fingerprint density at radius 3 is 2.62 bits per heavy atom. The molecule has 5 nitrogen and oxygen atoms in total. The number of carbonyl (C=O) groups excluding carboxylic acids is 1. The number of hydrogen-bond donors (Lipinski definition) is 1. The first-order valence-electron chi connectivity index (χ1n) is 6.71. The number of nitriles is 1. The van der Waals surface area contributed by atoms with E-state index in [9.17, 15) is 9.18 Å². The maximum Gasteiger partial charge on any atom is 0.266 e. The highest BCUT2D eigenvalue weighted by molar-refractivity contribution is 5.97. The average Bonchev–Trinajstić information content (AvgIpc) is 2.50. The van der Waals surface area contributed by atoms with Gasteiger partial charge in [-0.15, -0.1) is 0 Å². The zero-order valence-electron chi connectivity index (χ0n) is 11.8. The molecule has 0 aromatic heterocycles. The Morgan fingerprint density at radius 1 is 1.33 bits per heavy atom. The van der Waals surface area contributed by atoms with Crippen LogP contribution in [0.3, 0.4) is 0 Å². The van der Waals surface area contributed by atoms with E-state index in [2.05, 4.69) is 10.2 Å². The average molecular weight is 288 g/mol. The molecular weight excluding hydrogens is 271 g/mol. The number of para-hydroxylation sites is 1. The molecule has 6 heteroatoms. The molecule has 110 valence electrons. The summed E-state index contributed by atoms with van der Waals surface area (Å²) in [5.74, 6) is -0.757. The first kappa shape index (κ1) is 15.0. The van der Waals surface area contributed by atoms with Crippen LogP contribution in [0.4, 0.5) is 10.1 Å². The van der Waals surface area contributed by atoms with Crippen molar-refractivity contribution in [1.29, 1.82) is 5.26 Å². The third-order valence-corrected chi connectivity index (χ3v) is 3.39. The standard InChI is InChI=1S/C15H17FN4O/c1-19-6-8-20(9-7-19)15(21)12(10-17)11-18-14-5-3-2-4-13(14)16/h2-5,11,18H,6-9H2,1H3/b12-11-. The Hall–Kier alpha value is -2.39. The molecule has 21 heavy (non-hydrogen) atoms. The molecule has 1 heterocycles. The van der Waals surface area contributed by atoms with Crippen molar-refractivity contribution in [3.8, 4) is 6.07 Å². The number of halogens is 1. The van der Waals surface area contributed by atoms with Gasteiger partial charge in [0.2, 0.25) is 0 Å². The van der Waals surface area contributed by atoms with E-state index in [-0.39, 0.29) is 17.2 Å². The lowest BCUT2D eigenvalue weighted by atomic mass is 10.2. The highest BCUT2D eigenvalue weighted by Crippen LogP contribution is 2.13. The van der Waals surface area contributed by atoms with Crippen LogP contribution >= 0.6 is 0 Å². The molecule has 1 saturated heterocycles. The molecule has 0 atom stereocenters. The normalized spacial score (nSPS) is 16.4. The molecule has 1 aliphatic heterocycles. The topological polar surface area (TPSA) is 59.4 Å². The minimum atomic E-state index is -0.432. The first-order chi connectivity index (χ1) is 10.1. The summed E-state index contributed by atoms with van der Waals surface area (Å²) in [5.41, 5.74) is 0.208. The van der Waals surface area contributed by atoms with Gasteiger partial charge < -0.3 is 15.1 Å². The third-order valence-electron chi connectivity index (χ3n) is 3.39. The van der Waals surface area contributed by atoms with Gasteiger partial charge in [-0.05, 0) is 19.2 Å². The third kappa shape index (κ3) is 3.80. The summed E-state index contributed by atoms with van der Waals surface area (Å²) in [6.07, 6.45) is 1.26. The molecule has 0 saturated carbocycles. The number of amides is 1. The van der Waals surface area contributed by atoms with E-state index < -0.39 is 5.82 Å². The Kier molecular flexibility index (Phi) is 4.90. The Bertz CT molecular complexity index is 586. The van der Waals surface area contributed by atoms with Gasteiger partial charge >= 0.3 is 0 Å². The highest BCUT2D eigenvalue weighted by atomic mass is 19.1. The number of piperazine rings is 1. The summed E-state index contributed by atoms with van der Waals surface area (Å²) in [6, 6.07) is 7.97. The summed E-state index contributed by atoms with van der Waals surface area (Å²) >= 11 is 0. The zero-order valence-corrected chi connectivity index (χ0v) is 11.8. The van der Waals surface area contributed by atoms with Crippen molar-refractivity contribution < 1.29 is 9.18 Å². The number of carbonyl (C=O) groups is 1. The van der Waals surface area contributed by atoms with E-state index >= 15 is 0 Å². The molecule has 1 aromatic rings. The van der Waals surface area contributed by atoms with E-state index in [0.29, 0.717) is 13.1 Å². The van der Waals surface area contributed by atoms with Gasteiger partial charge in [0, 0.05) is 32.4 Å². The van der Waals surface area contributed by atoms with E-state index in [1.54, 1.807) is 23.1 Å². The van der Waals surface area contributed by atoms with Crippen LogP contribution in [-0.4, -0.2) is 48.9 Å². The van der Waals surface area contributed by atoms with Crippen molar-refractivity contribution in [2.75, 3.05) is 38.5 Å². The van der Waals surface area contributed by atoms with Gasteiger partial charge in [-0.25, -0.2) is 4.39 Å². The lowest BCUT2D eigenvalue weighted by molar-refractivity contribution is -0.128. The first-order valence-corrected chi connectivity index (χ1v) is 6.71. The van der Waals surface area contributed by atoms with Crippen LogP contribution in [0.2, 0.25) is 0 Å². The highest BCUT2D eigenvalue weighted by Gasteiger charge is 2.22. The SMILES string of the molecule is CN1CCN(C(=O)/C(C#N)=C\Nc2ccccc2F)CC1. The van der Waals surface area contributed by atoms with Gasteiger partial charge in [-0.2, -0.15) is 5.26 Å². The Balaban J connectivity index is 2.05. The van der Waals surface area contributed by atoms with Crippen molar-refractivity contribution in [3.63, 3.8) is 0 Å². The van der Waals surface area contributed by atoms with Gasteiger partial charge in [0.15, 0.2) is 0 Å². The molecule has 0 aliphatic carbocycles. The lowest BCUT2D eigenvalue weighted by Gasteiger charge is -2.32. The molecule has 1 aliphatic rings. The minimum absolute atomic E-state index is 0.0252.